The Hall–Kier alpha value is -1.36. The van der Waals surface area contributed by atoms with Gasteiger partial charge in [0.1, 0.15) is 18.0 Å². The molecular weight excluding hydrogens is 264 g/mol. The molecule has 1 aromatic heterocycles. The Morgan fingerprint density at radius 3 is 2.52 bits per heavy atom. The largest absolute Gasteiger partial charge is 0.381 e. The van der Waals surface area contributed by atoms with Crippen molar-refractivity contribution in [3.8, 4) is 0 Å². The van der Waals surface area contributed by atoms with Crippen molar-refractivity contribution in [1.29, 1.82) is 0 Å². The molecule has 1 saturated carbocycles. The highest BCUT2D eigenvalue weighted by Crippen LogP contribution is 2.44. The van der Waals surface area contributed by atoms with Crippen LogP contribution in [0.25, 0.3) is 0 Å². The summed E-state index contributed by atoms with van der Waals surface area (Å²) in [6.07, 6.45) is 2.96. The van der Waals surface area contributed by atoms with Crippen LogP contribution in [0.1, 0.15) is 52.5 Å². The molecule has 2 atom stereocenters. The molecule has 1 aliphatic rings. The maximum Gasteiger partial charge on any atom is 0.135 e. The summed E-state index contributed by atoms with van der Waals surface area (Å²) in [5, 5.41) is 6.94. The predicted molar refractivity (Wildman–Crippen MR) is 86.9 cm³/mol. The van der Waals surface area contributed by atoms with Crippen molar-refractivity contribution >= 4 is 11.6 Å². The Kier molecular flexibility index (Phi) is 4.71. The number of anilines is 2. The average molecular weight is 292 g/mol. The van der Waals surface area contributed by atoms with E-state index < -0.39 is 0 Å². The number of rotatable bonds is 6. The van der Waals surface area contributed by atoms with E-state index in [-0.39, 0.29) is 5.41 Å². The standard InChI is InChI=1S/C16H28N4O/c1-7-17-14-13(10(2)3)15(19-9-18-14)20-11-8-12(21-6)16(11,4)5/h9-12H,7-8H2,1-6H3,(H2,17,18,19,20). The number of hydrogen-bond donors (Lipinski definition) is 2. The molecule has 0 spiro atoms. The van der Waals surface area contributed by atoms with E-state index in [4.69, 9.17) is 4.74 Å². The number of ether oxygens (including phenoxy) is 1. The lowest BCUT2D eigenvalue weighted by Crippen LogP contribution is -2.57. The molecule has 5 heteroatoms. The van der Waals surface area contributed by atoms with Crippen molar-refractivity contribution in [3.63, 3.8) is 0 Å². The number of aromatic nitrogens is 2. The van der Waals surface area contributed by atoms with Crippen LogP contribution in [0.15, 0.2) is 6.33 Å². The third-order valence-corrected chi connectivity index (χ3v) is 4.58. The van der Waals surface area contributed by atoms with Gasteiger partial charge >= 0.3 is 0 Å². The van der Waals surface area contributed by atoms with Crippen LogP contribution in [0.2, 0.25) is 0 Å². The molecule has 2 unspecified atom stereocenters. The van der Waals surface area contributed by atoms with Gasteiger partial charge in [-0.3, -0.25) is 0 Å². The van der Waals surface area contributed by atoms with Crippen LogP contribution >= 0.6 is 0 Å². The molecule has 1 heterocycles. The molecule has 0 bridgehead atoms. The van der Waals surface area contributed by atoms with Crippen LogP contribution < -0.4 is 10.6 Å². The lowest BCUT2D eigenvalue weighted by Gasteiger charge is -2.51. The van der Waals surface area contributed by atoms with E-state index in [0.717, 1.165) is 30.2 Å². The Balaban J connectivity index is 2.23. The second-order valence-corrected chi connectivity index (χ2v) is 6.65. The topological polar surface area (TPSA) is 59.1 Å². The van der Waals surface area contributed by atoms with Crippen molar-refractivity contribution in [2.24, 2.45) is 5.41 Å². The van der Waals surface area contributed by atoms with Gasteiger partial charge in [0.05, 0.1) is 6.10 Å². The number of methoxy groups -OCH3 is 1. The van der Waals surface area contributed by atoms with E-state index in [2.05, 4.69) is 55.2 Å². The minimum absolute atomic E-state index is 0.117. The fourth-order valence-electron chi connectivity index (χ4n) is 3.06. The van der Waals surface area contributed by atoms with Crippen LogP contribution in [0.3, 0.4) is 0 Å². The molecule has 2 rings (SSSR count). The second kappa shape index (κ2) is 6.18. The van der Waals surface area contributed by atoms with Gasteiger partial charge in [-0.1, -0.05) is 27.7 Å². The fourth-order valence-corrected chi connectivity index (χ4v) is 3.06. The van der Waals surface area contributed by atoms with Gasteiger partial charge in [0.2, 0.25) is 0 Å². The first-order valence-corrected chi connectivity index (χ1v) is 7.79. The maximum atomic E-state index is 5.52. The van der Waals surface area contributed by atoms with Crippen molar-refractivity contribution in [3.05, 3.63) is 11.9 Å². The molecule has 1 aromatic rings. The van der Waals surface area contributed by atoms with E-state index in [1.54, 1.807) is 13.4 Å². The zero-order valence-electron chi connectivity index (χ0n) is 14.0. The lowest BCUT2D eigenvalue weighted by atomic mass is 9.64. The van der Waals surface area contributed by atoms with Gasteiger partial charge in [0, 0.05) is 30.7 Å². The fraction of sp³-hybridized carbons (Fsp3) is 0.750. The number of nitrogens with zero attached hydrogens (tertiary/aromatic N) is 2. The molecule has 1 fully saturated rings. The SMILES string of the molecule is CCNc1ncnc(NC2CC(OC)C2(C)C)c1C(C)C. The van der Waals surface area contributed by atoms with Gasteiger partial charge in [-0.05, 0) is 19.3 Å². The van der Waals surface area contributed by atoms with Crippen LogP contribution in [0.4, 0.5) is 11.6 Å². The van der Waals surface area contributed by atoms with Crippen molar-refractivity contribution in [1.82, 2.24) is 9.97 Å². The molecule has 1 aliphatic carbocycles. The second-order valence-electron chi connectivity index (χ2n) is 6.65. The molecule has 0 amide bonds. The molecule has 0 radical (unpaired) electrons. The molecule has 0 aliphatic heterocycles. The van der Waals surface area contributed by atoms with Crippen molar-refractivity contribution in [2.45, 2.75) is 59.1 Å². The van der Waals surface area contributed by atoms with Crippen LogP contribution in [0.5, 0.6) is 0 Å². The summed E-state index contributed by atoms with van der Waals surface area (Å²) in [5.41, 5.74) is 1.28. The van der Waals surface area contributed by atoms with E-state index in [1.807, 2.05) is 0 Å². The van der Waals surface area contributed by atoms with Gasteiger partial charge in [-0.25, -0.2) is 9.97 Å². The zero-order valence-corrected chi connectivity index (χ0v) is 14.0. The molecule has 21 heavy (non-hydrogen) atoms. The molecule has 2 N–H and O–H groups in total. The molecule has 118 valence electrons. The van der Waals surface area contributed by atoms with Gasteiger partial charge in [0.15, 0.2) is 0 Å². The summed E-state index contributed by atoms with van der Waals surface area (Å²) in [7, 11) is 1.79. The number of nitrogens with one attached hydrogen (secondary N) is 2. The molecule has 0 saturated heterocycles. The van der Waals surface area contributed by atoms with Crippen LogP contribution in [-0.4, -0.2) is 35.8 Å². The highest BCUT2D eigenvalue weighted by molar-refractivity contribution is 5.59. The Morgan fingerprint density at radius 1 is 1.33 bits per heavy atom. The first kappa shape index (κ1) is 16.0. The van der Waals surface area contributed by atoms with Crippen molar-refractivity contribution < 1.29 is 4.74 Å². The van der Waals surface area contributed by atoms with E-state index >= 15 is 0 Å². The Labute approximate surface area is 127 Å². The van der Waals surface area contributed by atoms with Gasteiger partial charge in [0.25, 0.3) is 0 Å². The number of hydrogen-bond acceptors (Lipinski definition) is 5. The van der Waals surface area contributed by atoms with Gasteiger partial charge < -0.3 is 15.4 Å². The lowest BCUT2D eigenvalue weighted by molar-refractivity contribution is -0.0795. The van der Waals surface area contributed by atoms with E-state index in [0.29, 0.717) is 18.1 Å². The minimum atomic E-state index is 0.117. The minimum Gasteiger partial charge on any atom is -0.381 e. The quantitative estimate of drug-likeness (QED) is 0.843. The van der Waals surface area contributed by atoms with Crippen LogP contribution in [0, 0.1) is 5.41 Å². The normalized spacial score (nSPS) is 23.8. The average Bonchev–Trinajstić information content (AvgIpc) is 2.43. The molecule has 5 nitrogen and oxygen atoms in total. The summed E-state index contributed by atoms with van der Waals surface area (Å²) in [6, 6.07) is 0.379. The van der Waals surface area contributed by atoms with Crippen molar-refractivity contribution in [2.75, 3.05) is 24.3 Å². The highest BCUT2D eigenvalue weighted by Gasteiger charge is 2.48. The summed E-state index contributed by atoms with van der Waals surface area (Å²) in [4.78, 5) is 8.86. The summed E-state index contributed by atoms with van der Waals surface area (Å²) >= 11 is 0. The first-order valence-electron chi connectivity index (χ1n) is 7.79. The highest BCUT2D eigenvalue weighted by atomic mass is 16.5. The first-order chi connectivity index (χ1) is 9.91. The van der Waals surface area contributed by atoms with E-state index in [1.165, 1.54) is 0 Å². The zero-order chi connectivity index (χ0) is 15.6. The predicted octanol–water partition coefficient (Wildman–Crippen LogP) is 3.26. The Bertz CT molecular complexity index is 487. The Morgan fingerprint density at radius 2 is 2.00 bits per heavy atom. The van der Waals surface area contributed by atoms with Gasteiger partial charge in [-0.2, -0.15) is 0 Å². The monoisotopic (exact) mass is 292 g/mol. The summed E-state index contributed by atoms with van der Waals surface area (Å²) in [6.45, 7) is 11.8. The summed E-state index contributed by atoms with van der Waals surface area (Å²) in [5.74, 6) is 2.25. The van der Waals surface area contributed by atoms with E-state index in [9.17, 15) is 0 Å². The molecular formula is C16H28N4O. The maximum absolute atomic E-state index is 5.52. The third kappa shape index (κ3) is 2.98. The smallest absolute Gasteiger partial charge is 0.135 e. The third-order valence-electron chi connectivity index (χ3n) is 4.58. The summed E-state index contributed by atoms with van der Waals surface area (Å²) < 4.78 is 5.52. The van der Waals surface area contributed by atoms with Crippen LogP contribution in [-0.2, 0) is 4.74 Å². The van der Waals surface area contributed by atoms with Gasteiger partial charge in [-0.15, -0.1) is 0 Å². The molecule has 0 aromatic carbocycles.